The molecule has 0 radical (unpaired) electrons. The molecule has 3 aromatic carbocycles. The van der Waals surface area contributed by atoms with Gasteiger partial charge in [0.2, 0.25) is 5.78 Å². The summed E-state index contributed by atoms with van der Waals surface area (Å²) in [5, 5.41) is 12.0. The average molecular weight is 547 g/mol. The number of Topliss-reactive ketones (excluding diaryl/α,β-unsaturated/α-hetero) is 1. The van der Waals surface area contributed by atoms with E-state index in [0.717, 1.165) is 11.0 Å². The van der Waals surface area contributed by atoms with E-state index >= 15 is 0 Å². The zero-order chi connectivity index (χ0) is 25.7. The number of aliphatic hydroxyl groups excluding tert-OH is 1. The molecule has 0 bridgehead atoms. The van der Waals surface area contributed by atoms with Crippen LogP contribution in [0.1, 0.15) is 22.2 Å². The number of rotatable bonds is 5. The van der Waals surface area contributed by atoms with Gasteiger partial charge in [-0.25, -0.2) is 4.39 Å². The van der Waals surface area contributed by atoms with Crippen molar-refractivity contribution >= 4 is 63.1 Å². The maximum atomic E-state index is 13.8. The predicted molar refractivity (Wildman–Crippen MR) is 135 cm³/mol. The molecule has 36 heavy (non-hydrogen) atoms. The third-order valence-corrected chi connectivity index (χ3v) is 6.57. The van der Waals surface area contributed by atoms with Gasteiger partial charge in [-0.2, -0.15) is 0 Å². The number of amides is 1. The van der Waals surface area contributed by atoms with Crippen molar-refractivity contribution in [3.8, 4) is 5.75 Å². The molecular weight excluding hydrogens is 532 g/mol. The average Bonchev–Trinajstić information content (AvgIpc) is 3.39. The molecule has 0 fully saturated rings. The molecule has 1 atom stereocenters. The van der Waals surface area contributed by atoms with Crippen LogP contribution in [-0.4, -0.2) is 23.9 Å². The highest BCUT2D eigenvalue weighted by molar-refractivity contribution is 6.32. The molecule has 0 saturated carbocycles. The Morgan fingerprint density at radius 3 is 2.42 bits per heavy atom. The standard InChI is InChI=1S/C26H15Cl3FNO5/c1-35-20-10-15(28)8-13-9-19(36-25(13)20)23(32)21-22(12-2-4-14(27)5-3-12)31(26(34)24(21)33)16-6-7-18(30)17(29)11-16/h2-11,22,33H,1H3. The van der Waals surface area contributed by atoms with Gasteiger partial charge < -0.3 is 14.3 Å². The summed E-state index contributed by atoms with van der Waals surface area (Å²) in [6, 6.07) is 13.6. The normalized spacial score (nSPS) is 15.8. The number of methoxy groups -OCH3 is 1. The first-order chi connectivity index (χ1) is 17.2. The van der Waals surface area contributed by atoms with Gasteiger partial charge in [-0.1, -0.05) is 46.9 Å². The fraction of sp³-hybridized carbons (Fsp3) is 0.0769. The number of halogens is 4. The summed E-state index contributed by atoms with van der Waals surface area (Å²) in [5.74, 6) is -2.88. The summed E-state index contributed by atoms with van der Waals surface area (Å²) >= 11 is 18.1. The van der Waals surface area contributed by atoms with Gasteiger partial charge in [0.25, 0.3) is 5.91 Å². The number of anilines is 1. The van der Waals surface area contributed by atoms with Crippen LogP contribution >= 0.6 is 34.8 Å². The van der Waals surface area contributed by atoms with E-state index in [1.54, 1.807) is 30.3 Å². The van der Waals surface area contributed by atoms with Crippen LogP contribution in [0.5, 0.6) is 5.75 Å². The van der Waals surface area contributed by atoms with Gasteiger partial charge in [0.05, 0.1) is 23.7 Å². The van der Waals surface area contributed by atoms with Gasteiger partial charge >= 0.3 is 0 Å². The zero-order valence-electron chi connectivity index (χ0n) is 18.4. The Kier molecular flexibility index (Phi) is 6.16. The quantitative estimate of drug-likeness (QED) is 0.265. The lowest BCUT2D eigenvalue weighted by molar-refractivity contribution is -0.117. The predicted octanol–water partition coefficient (Wildman–Crippen LogP) is 7.32. The number of ketones is 1. The number of nitrogens with zero attached hydrogens (tertiary/aromatic N) is 1. The molecule has 5 rings (SSSR count). The molecule has 1 aromatic heterocycles. The highest BCUT2D eigenvalue weighted by atomic mass is 35.5. The molecule has 4 aromatic rings. The highest BCUT2D eigenvalue weighted by Crippen LogP contribution is 2.43. The molecule has 182 valence electrons. The lowest BCUT2D eigenvalue weighted by Crippen LogP contribution is -2.31. The molecule has 1 aliphatic rings. The first kappa shape index (κ1) is 24.2. The van der Waals surface area contributed by atoms with E-state index < -0.39 is 29.3 Å². The SMILES string of the molecule is COc1cc(Cl)cc2cc(C(=O)C3=C(O)C(=O)N(c4ccc(F)c(Cl)c4)C3c3ccc(Cl)cc3)oc12. The van der Waals surface area contributed by atoms with Crippen LogP contribution in [0.4, 0.5) is 10.1 Å². The summed E-state index contributed by atoms with van der Waals surface area (Å²) in [6.07, 6.45) is 0. The van der Waals surface area contributed by atoms with Crippen LogP contribution in [-0.2, 0) is 4.79 Å². The monoisotopic (exact) mass is 545 g/mol. The summed E-state index contributed by atoms with van der Waals surface area (Å²) in [4.78, 5) is 28.1. The smallest absolute Gasteiger partial charge is 0.294 e. The van der Waals surface area contributed by atoms with Crippen molar-refractivity contribution in [3.05, 3.63) is 104 Å². The minimum Gasteiger partial charge on any atom is -0.503 e. The summed E-state index contributed by atoms with van der Waals surface area (Å²) in [6.45, 7) is 0. The van der Waals surface area contributed by atoms with Crippen molar-refractivity contribution in [2.45, 2.75) is 6.04 Å². The van der Waals surface area contributed by atoms with Gasteiger partial charge in [0.15, 0.2) is 22.9 Å². The molecule has 0 aliphatic carbocycles. The maximum absolute atomic E-state index is 13.8. The second-order valence-corrected chi connectivity index (χ2v) is 9.24. The number of hydrogen-bond donors (Lipinski definition) is 1. The van der Waals surface area contributed by atoms with Crippen molar-refractivity contribution < 1.29 is 28.2 Å². The number of aliphatic hydroxyl groups is 1. The molecule has 1 N–H and O–H groups in total. The molecule has 2 heterocycles. The Hall–Kier alpha value is -3.52. The zero-order valence-corrected chi connectivity index (χ0v) is 20.7. The van der Waals surface area contributed by atoms with Gasteiger partial charge in [-0.15, -0.1) is 0 Å². The van der Waals surface area contributed by atoms with Gasteiger partial charge in [0, 0.05) is 27.2 Å². The number of hydrogen-bond acceptors (Lipinski definition) is 5. The molecular formula is C26H15Cl3FNO5. The Morgan fingerprint density at radius 1 is 1.03 bits per heavy atom. The number of benzene rings is 3. The molecule has 0 saturated heterocycles. The van der Waals surface area contributed by atoms with E-state index in [-0.39, 0.29) is 27.6 Å². The first-order valence-electron chi connectivity index (χ1n) is 10.5. The summed E-state index contributed by atoms with van der Waals surface area (Å²) in [7, 11) is 1.43. The lowest BCUT2D eigenvalue weighted by Gasteiger charge is -2.27. The van der Waals surface area contributed by atoms with Crippen LogP contribution in [0.2, 0.25) is 15.1 Å². The maximum Gasteiger partial charge on any atom is 0.294 e. The number of carbonyl (C=O) groups is 2. The molecule has 1 unspecified atom stereocenters. The van der Waals surface area contributed by atoms with Crippen LogP contribution in [0.3, 0.4) is 0 Å². The van der Waals surface area contributed by atoms with Crippen LogP contribution in [0.15, 0.2) is 76.4 Å². The van der Waals surface area contributed by atoms with Crippen LogP contribution in [0.25, 0.3) is 11.0 Å². The van der Waals surface area contributed by atoms with Crippen LogP contribution in [0, 0.1) is 5.82 Å². The van der Waals surface area contributed by atoms with Crippen molar-refractivity contribution in [3.63, 3.8) is 0 Å². The van der Waals surface area contributed by atoms with E-state index in [9.17, 15) is 19.1 Å². The van der Waals surface area contributed by atoms with Crippen LogP contribution < -0.4 is 9.64 Å². The van der Waals surface area contributed by atoms with E-state index in [1.165, 1.54) is 31.4 Å². The Labute approximate surface area is 219 Å². The van der Waals surface area contributed by atoms with Crippen molar-refractivity contribution in [2.24, 2.45) is 0 Å². The minimum absolute atomic E-state index is 0.141. The van der Waals surface area contributed by atoms with Crippen molar-refractivity contribution in [1.29, 1.82) is 0 Å². The highest BCUT2D eigenvalue weighted by Gasteiger charge is 2.45. The number of ether oxygens (including phenoxy) is 1. The van der Waals surface area contributed by atoms with E-state index in [0.29, 0.717) is 26.7 Å². The van der Waals surface area contributed by atoms with Gasteiger partial charge in [-0.05, 0) is 48.0 Å². The molecule has 0 spiro atoms. The third kappa shape index (κ3) is 3.99. The number of carbonyl (C=O) groups excluding carboxylic acids is 2. The van der Waals surface area contributed by atoms with Gasteiger partial charge in [0.1, 0.15) is 5.82 Å². The number of furan rings is 1. The first-order valence-corrected chi connectivity index (χ1v) is 11.6. The number of fused-ring (bicyclic) bond motifs is 1. The summed E-state index contributed by atoms with van der Waals surface area (Å²) in [5.41, 5.74) is 0.697. The molecule has 1 amide bonds. The Balaban J connectivity index is 1.67. The molecule has 1 aliphatic heterocycles. The Morgan fingerprint density at radius 2 is 1.75 bits per heavy atom. The largest absolute Gasteiger partial charge is 0.503 e. The molecule has 10 heteroatoms. The van der Waals surface area contributed by atoms with E-state index in [4.69, 9.17) is 44.0 Å². The van der Waals surface area contributed by atoms with E-state index in [1.807, 2.05) is 0 Å². The second kappa shape index (κ2) is 9.17. The third-order valence-electron chi connectivity index (χ3n) is 5.81. The molecule has 6 nitrogen and oxygen atoms in total. The lowest BCUT2D eigenvalue weighted by atomic mass is 9.94. The summed E-state index contributed by atoms with van der Waals surface area (Å²) < 4.78 is 24.9. The topological polar surface area (TPSA) is 80.0 Å². The fourth-order valence-corrected chi connectivity index (χ4v) is 4.70. The minimum atomic E-state index is -1.08. The Bertz CT molecular complexity index is 1580. The van der Waals surface area contributed by atoms with Crippen molar-refractivity contribution in [1.82, 2.24) is 0 Å². The van der Waals surface area contributed by atoms with Crippen molar-refractivity contribution in [2.75, 3.05) is 12.0 Å². The van der Waals surface area contributed by atoms with Gasteiger partial charge in [-0.3, -0.25) is 14.5 Å². The second-order valence-electron chi connectivity index (χ2n) is 7.96. The van der Waals surface area contributed by atoms with E-state index in [2.05, 4.69) is 0 Å². The fourth-order valence-electron chi connectivity index (χ4n) is 4.18.